The van der Waals surface area contributed by atoms with Crippen molar-refractivity contribution in [3.05, 3.63) is 96.1 Å². The average Bonchev–Trinajstić information content (AvgIpc) is 3.53. The van der Waals surface area contributed by atoms with E-state index in [2.05, 4.69) is 33.0 Å². The molecule has 3 aromatic rings. The minimum Gasteiger partial charge on any atom is -0.436 e. The van der Waals surface area contributed by atoms with Crippen LogP contribution in [0.4, 0.5) is 4.79 Å². The molecule has 10 nitrogen and oxygen atoms in total. The average molecular weight is 659 g/mol. The molecule has 1 aliphatic heterocycles. The van der Waals surface area contributed by atoms with Gasteiger partial charge in [0.05, 0.1) is 6.04 Å². The van der Waals surface area contributed by atoms with E-state index < -0.39 is 42.3 Å². The maximum absolute atomic E-state index is 13.5. The fourth-order valence-corrected chi connectivity index (χ4v) is 5.85. The Morgan fingerprint density at radius 2 is 1.52 bits per heavy atom. The van der Waals surface area contributed by atoms with Gasteiger partial charge in [-0.25, -0.2) is 4.79 Å². The molecule has 1 heterocycles. The predicted molar refractivity (Wildman–Crippen MR) is 186 cm³/mol. The third kappa shape index (κ3) is 10.9. The summed E-state index contributed by atoms with van der Waals surface area (Å²) >= 11 is 0. The van der Waals surface area contributed by atoms with Crippen molar-refractivity contribution in [2.75, 3.05) is 19.6 Å². The van der Waals surface area contributed by atoms with Crippen LogP contribution in [0.1, 0.15) is 51.2 Å². The molecular formula is C38H50N4O6. The fourth-order valence-electron chi connectivity index (χ4n) is 5.85. The number of amides is 3. The standard InChI is InChI=1S/C38H50N4O6/c1-4-5-21-39-38(47)48-35(26(2)3)37(46)41-32(23-27-16-18-30(19-17-27)29-14-10-7-11-15-29)33(43)34(44)36(45)40-31-20-22-42(25-31)24-28-12-8-6-9-13-28/h6-19,26,31-35,43-44H,4-5,20-25H2,1-3H3,(H,39,47)(H,40,45)(H,41,46). The zero-order chi connectivity index (χ0) is 34.5. The molecule has 0 spiro atoms. The second kappa shape index (κ2) is 18.3. The first-order valence-electron chi connectivity index (χ1n) is 17.0. The summed E-state index contributed by atoms with van der Waals surface area (Å²) in [6.07, 6.45) is -2.81. The van der Waals surface area contributed by atoms with E-state index in [-0.39, 0.29) is 18.4 Å². The van der Waals surface area contributed by atoms with Crippen LogP contribution < -0.4 is 16.0 Å². The molecule has 5 atom stereocenters. The van der Waals surface area contributed by atoms with Crippen molar-refractivity contribution < 1.29 is 29.3 Å². The lowest BCUT2D eigenvalue weighted by atomic mass is 9.94. The number of nitrogens with zero attached hydrogens (tertiary/aromatic N) is 1. The van der Waals surface area contributed by atoms with E-state index in [0.717, 1.165) is 42.6 Å². The van der Waals surface area contributed by atoms with Gasteiger partial charge in [0.25, 0.3) is 11.8 Å². The Hall–Kier alpha value is -4.25. The predicted octanol–water partition coefficient (Wildman–Crippen LogP) is 4.04. The molecule has 0 aliphatic carbocycles. The largest absolute Gasteiger partial charge is 0.436 e. The lowest BCUT2D eigenvalue weighted by molar-refractivity contribution is -0.140. The minimum absolute atomic E-state index is 0.119. The molecule has 0 aromatic heterocycles. The number of unbranched alkanes of at least 4 members (excludes halogenated alkanes) is 1. The highest BCUT2D eigenvalue weighted by atomic mass is 16.6. The zero-order valence-corrected chi connectivity index (χ0v) is 28.2. The molecule has 258 valence electrons. The highest BCUT2D eigenvalue weighted by Gasteiger charge is 2.37. The van der Waals surface area contributed by atoms with E-state index in [4.69, 9.17) is 4.74 Å². The molecule has 0 radical (unpaired) electrons. The van der Waals surface area contributed by atoms with Gasteiger partial charge in [0.15, 0.2) is 12.2 Å². The smallest absolute Gasteiger partial charge is 0.407 e. The summed E-state index contributed by atoms with van der Waals surface area (Å²) < 4.78 is 5.47. The molecule has 0 bridgehead atoms. The molecule has 0 saturated carbocycles. The van der Waals surface area contributed by atoms with E-state index in [1.807, 2.05) is 79.7 Å². The number of hydrogen-bond acceptors (Lipinski definition) is 7. The summed E-state index contributed by atoms with van der Waals surface area (Å²) in [6.45, 7) is 8.09. The quantitative estimate of drug-likeness (QED) is 0.146. The van der Waals surface area contributed by atoms with Crippen LogP contribution in [-0.2, 0) is 27.3 Å². The molecule has 5 unspecified atom stereocenters. The second-order valence-electron chi connectivity index (χ2n) is 12.9. The van der Waals surface area contributed by atoms with Gasteiger partial charge < -0.3 is 30.9 Å². The summed E-state index contributed by atoms with van der Waals surface area (Å²) in [6, 6.07) is 26.4. The second-order valence-corrected chi connectivity index (χ2v) is 12.9. The van der Waals surface area contributed by atoms with E-state index in [1.165, 1.54) is 5.56 Å². The molecule has 1 aliphatic rings. The first-order chi connectivity index (χ1) is 23.1. The van der Waals surface area contributed by atoms with Gasteiger partial charge >= 0.3 is 6.09 Å². The number of carbonyl (C=O) groups excluding carboxylic acids is 3. The van der Waals surface area contributed by atoms with Crippen LogP contribution in [0.25, 0.3) is 11.1 Å². The SMILES string of the molecule is CCCCNC(=O)OC(C(=O)NC(Cc1ccc(-c2ccccc2)cc1)C(O)C(O)C(=O)NC1CCN(Cc2ccccc2)C1)C(C)C. The summed E-state index contributed by atoms with van der Waals surface area (Å²) in [5.41, 5.74) is 4.00. The van der Waals surface area contributed by atoms with Gasteiger partial charge in [-0.05, 0) is 47.4 Å². The monoisotopic (exact) mass is 658 g/mol. The van der Waals surface area contributed by atoms with Crippen molar-refractivity contribution in [3.63, 3.8) is 0 Å². The van der Waals surface area contributed by atoms with Crippen molar-refractivity contribution in [1.29, 1.82) is 0 Å². The van der Waals surface area contributed by atoms with Gasteiger partial charge in [-0.3, -0.25) is 14.5 Å². The summed E-state index contributed by atoms with van der Waals surface area (Å²) in [4.78, 5) is 41.4. The normalized spacial score (nSPS) is 17.2. The summed E-state index contributed by atoms with van der Waals surface area (Å²) in [5.74, 6) is -1.71. The van der Waals surface area contributed by atoms with Crippen LogP contribution in [0, 0.1) is 5.92 Å². The maximum atomic E-state index is 13.5. The number of benzene rings is 3. The summed E-state index contributed by atoms with van der Waals surface area (Å²) in [5, 5.41) is 30.8. The van der Waals surface area contributed by atoms with Crippen molar-refractivity contribution in [2.24, 2.45) is 5.92 Å². The molecule has 48 heavy (non-hydrogen) atoms. The van der Waals surface area contributed by atoms with E-state index in [0.29, 0.717) is 19.5 Å². The third-order valence-electron chi connectivity index (χ3n) is 8.61. The van der Waals surface area contributed by atoms with E-state index in [1.54, 1.807) is 13.8 Å². The number of likely N-dealkylation sites (tertiary alicyclic amines) is 1. The first kappa shape index (κ1) is 36.6. The molecule has 5 N–H and O–H groups in total. The maximum Gasteiger partial charge on any atom is 0.407 e. The Balaban J connectivity index is 1.45. The number of ether oxygens (including phenoxy) is 1. The lowest BCUT2D eigenvalue weighted by Crippen LogP contribution is -2.57. The van der Waals surface area contributed by atoms with Crippen molar-refractivity contribution in [1.82, 2.24) is 20.9 Å². The molecule has 3 amide bonds. The topological polar surface area (TPSA) is 140 Å². The molecule has 10 heteroatoms. The molecule has 3 aromatic carbocycles. The Bertz CT molecular complexity index is 1440. The van der Waals surface area contributed by atoms with Crippen LogP contribution in [0.15, 0.2) is 84.9 Å². The van der Waals surface area contributed by atoms with E-state index >= 15 is 0 Å². The van der Waals surface area contributed by atoms with Gasteiger partial charge in [0.2, 0.25) is 0 Å². The van der Waals surface area contributed by atoms with Crippen LogP contribution in [0.3, 0.4) is 0 Å². The first-order valence-corrected chi connectivity index (χ1v) is 17.0. The Morgan fingerprint density at radius 3 is 2.17 bits per heavy atom. The van der Waals surface area contributed by atoms with Crippen molar-refractivity contribution >= 4 is 17.9 Å². The number of aliphatic hydroxyl groups is 2. The number of carbonyl (C=O) groups is 3. The molecule has 4 rings (SSSR count). The van der Waals surface area contributed by atoms with Gasteiger partial charge in [0, 0.05) is 32.2 Å². The number of rotatable bonds is 16. The fraction of sp³-hybridized carbons (Fsp3) is 0.447. The Morgan fingerprint density at radius 1 is 0.875 bits per heavy atom. The van der Waals surface area contributed by atoms with Gasteiger partial charge in [-0.2, -0.15) is 0 Å². The van der Waals surface area contributed by atoms with Crippen LogP contribution >= 0.6 is 0 Å². The highest BCUT2D eigenvalue weighted by molar-refractivity contribution is 5.85. The van der Waals surface area contributed by atoms with Crippen LogP contribution in [-0.4, -0.2) is 83.1 Å². The van der Waals surface area contributed by atoms with Crippen LogP contribution in [0.2, 0.25) is 0 Å². The van der Waals surface area contributed by atoms with Gasteiger partial charge in [-0.1, -0.05) is 112 Å². The lowest BCUT2D eigenvalue weighted by Gasteiger charge is -2.30. The van der Waals surface area contributed by atoms with Crippen molar-refractivity contribution in [2.45, 2.75) is 83.4 Å². The third-order valence-corrected chi connectivity index (χ3v) is 8.61. The number of nitrogens with one attached hydrogen (secondary N) is 3. The Kier molecular flexibility index (Phi) is 14.0. The van der Waals surface area contributed by atoms with Gasteiger partial charge in [-0.15, -0.1) is 0 Å². The van der Waals surface area contributed by atoms with Crippen LogP contribution in [0.5, 0.6) is 0 Å². The molecular weight excluding hydrogens is 608 g/mol. The van der Waals surface area contributed by atoms with Crippen molar-refractivity contribution in [3.8, 4) is 11.1 Å². The minimum atomic E-state index is -1.81. The molecule has 1 fully saturated rings. The number of hydrogen-bond donors (Lipinski definition) is 5. The van der Waals surface area contributed by atoms with Gasteiger partial charge in [0.1, 0.15) is 6.10 Å². The number of alkyl carbamates (subject to hydrolysis) is 1. The molecule has 1 saturated heterocycles. The number of aliphatic hydroxyl groups excluding tert-OH is 2. The zero-order valence-electron chi connectivity index (χ0n) is 28.2. The van der Waals surface area contributed by atoms with E-state index in [9.17, 15) is 24.6 Å². The highest BCUT2D eigenvalue weighted by Crippen LogP contribution is 2.21. The Labute approximate surface area is 283 Å². The summed E-state index contributed by atoms with van der Waals surface area (Å²) in [7, 11) is 0.